The molecule has 0 radical (unpaired) electrons. The molecule has 1 aliphatic carbocycles. The number of thiophene rings is 1. The Hall–Kier alpha value is -0.890. The van der Waals surface area contributed by atoms with E-state index in [4.69, 9.17) is 9.72 Å². The van der Waals surface area contributed by atoms with Crippen LogP contribution in [0.1, 0.15) is 49.0 Å². The molecule has 28 heavy (non-hydrogen) atoms. The first-order valence-corrected chi connectivity index (χ1v) is 12.4. The first-order valence-electron chi connectivity index (χ1n) is 10.6. The Kier molecular flexibility index (Phi) is 6.76. The quantitative estimate of drug-likeness (QED) is 0.500. The summed E-state index contributed by atoms with van der Waals surface area (Å²) in [4.78, 5) is 23.0. The molecule has 0 saturated carbocycles. The largest absolute Gasteiger partial charge is 0.377 e. The highest BCUT2D eigenvalue weighted by Crippen LogP contribution is 2.35. The van der Waals surface area contributed by atoms with Gasteiger partial charge in [0.15, 0.2) is 5.16 Å². The molecule has 3 heterocycles. The number of thioether (sulfide) groups is 1. The fourth-order valence-electron chi connectivity index (χ4n) is 4.18. The summed E-state index contributed by atoms with van der Waals surface area (Å²) in [5, 5.41) is 1.78. The minimum absolute atomic E-state index is 0.176. The van der Waals surface area contributed by atoms with Crippen LogP contribution < -0.4 is 5.56 Å². The highest BCUT2D eigenvalue weighted by atomic mass is 32.2. The van der Waals surface area contributed by atoms with Crippen molar-refractivity contribution in [3.63, 3.8) is 0 Å². The topological polar surface area (TPSA) is 47.4 Å². The van der Waals surface area contributed by atoms with Crippen molar-refractivity contribution in [2.24, 2.45) is 0 Å². The number of aromatic nitrogens is 2. The Morgan fingerprint density at radius 2 is 2.11 bits per heavy atom. The van der Waals surface area contributed by atoms with Gasteiger partial charge >= 0.3 is 0 Å². The van der Waals surface area contributed by atoms with E-state index in [1.165, 1.54) is 36.1 Å². The Balaban J connectivity index is 1.65. The van der Waals surface area contributed by atoms with E-state index in [0.717, 1.165) is 66.5 Å². The summed E-state index contributed by atoms with van der Waals surface area (Å²) >= 11 is 3.46. The lowest BCUT2D eigenvalue weighted by atomic mass is 9.97. The second-order valence-electron chi connectivity index (χ2n) is 8.20. The third-order valence-electron chi connectivity index (χ3n) is 5.70. The third-order valence-corrected chi connectivity index (χ3v) is 7.99. The van der Waals surface area contributed by atoms with E-state index in [9.17, 15) is 4.79 Å². The van der Waals surface area contributed by atoms with Gasteiger partial charge in [-0.15, -0.1) is 11.3 Å². The summed E-state index contributed by atoms with van der Waals surface area (Å²) in [5.41, 5.74) is 1.47. The molecule has 1 saturated heterocycles. The van der Waals surface area contributed by atoms with Crippen LogP contribution in [0.2, 0.25) is 0 Å². The number of ether oxygens (including phenoxy) is 1. The molecule has 1 aliphatic heterocycles. The molecular formula is C21H31N3O2S2. The van der Waals surface area contributed by atoms with Gasteiger partial charge in [0.1, 0.15) is 4.83 Å². The van der Waals surface area contributed by atoms with E-state index in [1.807, 2.05) is 4.57 Å². The van der Waals surface area contributed by atoms with Gasteiger partial charge < -0.3 is 9.64 Å². The van der Waals surface area contributed by atoms with E-state index >= 15 is 0 Å². The summed E-state index contributed by atoms with van der Waals surface area (Å²) in [6, 6.07) is 0. The predicted octanol–water partition coefficient (Wildman–Crippen LogP) is 3.95. The van der Waals surface area contributed by atoms with E-state index in [0.29, 0.717) is 0 Å². The normalized spacial score (nSPS) is 20.0. The Morgan fingerprint density at radius 3 is 2.89 bits per heavy atom. The standard InChI is InChI=1S/C21H31N3O2S2/c1-23(2)11-7-12-24-20(25)18-16-9-3-4-10-17(16)28-19(18)22-21(24)27-14-15-8-5-6-13-26-15/h15H,3-14H2,1-2H3. The van der Waals surface area contributed by atoms with Crippen molar-refractivity contribution in [2.75, 3.05) is 33.0 Å². The zero-order valence-electron chi connectivity index (χ0n) is 17.0. The molecule has 1 atom stereocenters. The van der Waals surface area contributed by atoms with Gasteiger partial charge in [0, 0.05) is 23.8 Å². The van der Waals surface area contributed by atoms with Crippen molar-refractivity contribution in [3.05, 3.63) is 20.8 Å². The zero-order valence-corrected chi connectivity index (χ0v) is 18.7. The number of nitrogens with zero attached hydrogens (tertiary/aromatic N) is 3. The number of hydrogen-bond donors (Lipinski definition) is 0. The van der Waals surface area contributed by atoms with Crippen LogP contribution in [0.5, 0.6) is 0 Å². The smallest absolute Gasteiger partial charge is 0.263 e. The number of aryl methyl sites for hydroxylation is 2. The van der Waals surface area contributed by atoms with E-state index in [-0.39, 0.29) is 11.7 Å². The molecule has 1 unspecified atom stereocenters. The average molecular weight is 422 g/mol. The summed E-state index contributed by atoms with van der Waals surface area (Å²) in [6.07, 6.45) is 9.34. The lowest BCUT2D eigenvalue weighted by molar-refractivity contribution is 0.0315. The molecule has 0 amide bonds. The van der Waals surface area contributed by atoms with Crippen molar-refractivity contribution in [3.8, 4) is 0 Å². The molecule has 1 fully saturated rings. The maximum absolute atomic E-state index is 13.5. The van der Waals surface area contributed by atoms with Crippen LogP contribution in [0.15, 0.2) is 9.95 Å². The highest BCUT2D eigenvalue weighted by molar-refractivity contribution is 7.99. The van der Waals surface area contributed by atoms with E-state index in [1.54, 1.807) is 23.1 Å². The maximum Gasteiger partial charge on any atom is 0.263 e. The maximum atomic E-state index is 13.5. The SMILES string of the molecule is CN(C)CCCn1c(SCC2CCCCO2)nc2sc3c(c2c1=O)CCCC3. The third kappa shape index (κ3) is 4.48. The van der Waals surface area contributed by atoms with Crippen molar-refractivity contribution >= 4 is 33.3 Å². The second kappa shape index (κ2) is 9.28. The van der Waals surface area contributed by atoms with Crippen LogP contribution in [0.4, 0.5) is 0 Å². The molecule has 0 bridgehead atoms. The second-order valence-corrected chi connectivity index (χ2v) is 10.3. The predicted molar refractivity (Wildman–Crippen MR) is 118 cm³/mol. The van der Waals surface area contributed by atoms with Gasteiger partial charge in [0.25, 0.3) is 5.56 Å². The average Bonchev–Trinajstić information content (AvgIpc) is 3.07. The van der Waals surface area contributed by atoms with Gasteiger partial charge in [-0.2, -0.15) is 0 Å². The number of fused-ring (bicyclic) bond motifs is 3. The van der Waals surface area contributed by atoms with Gasteiger partial charge in [-0.05, 0) is 77.6 Å². The molecule has 2 aromatic heterocycles. The zero-order chi connectivity index (χ0) is 19.5. The molecule has 2 aromatic rings. The molecule has 5 nitrogen and oxygen atoms in total. The van der Waals surface area contributed by atoms with Crippen LogP contribution in [-0.2, 0) is 24.1 Å². The van der Waals surface area contributed by atoms with E-state index < -0.39 is 0 Å². The summed E-state index contributed by atoms with van der Waals surface area (Å²) in [5.74, 6) is 0.886. The van der Waals surface area contributed by atoms with Gasteiger partial charge in [-0.25, -0.2) is 4.98 Å². The van der Waals surface area contributed by atoms with Crippen LogP contribution >= 0.6 is 23.1 Å². The molecular weight excluding hydrogens is 390 g/mol. The number of rotatable bonds is 7. The number of hydrogen-bond acceptors (Lipinski definition) is 6. The monoisotopic (exact) mass is 421 g/mol. The first-order chi connectivity index (χ1) is 13.6. The van der Waals surface area contributed by atoms with Crippen molar-refractivity contribution in [2.45, 2.75) is 69.2 Å². The Bertz CT molecular complexity index is 869. The Morgan fingerprint density at radius 1 is 1.25 bits per heavy atom. The summed E-state index contributed by atoms with van der Waals surface area (Å²) < 4.78 is 7.84. The molecule has 0 aromatic carbocycles. The van der Waals surface area contributed by atoms with Crippen LogP contribution in [0.25, 0.3) is 10.2 Å². The lowest BCUT2D eigenvalue weighted by Gasteiger charge is -2.22. The molecule has 4 rings (SSSR count). The van der Waals surface area contributed by atoms with Gasteiger partial charge in [0.05, 0.1) is 11.5 Å². The van der Waals surface area contributed by atoms with Gasteiger partial charge in [-0.1, -0.05) is 11.8 Å². The molecule has 0 N–H and O–H groups in total. The minimum atomic E-state index is 0.176. The molecule has 2 aliphatic rings. The van der Waals surface area contributed by atoms with Crippen molar-refractivity contribution < 1.29 is 4.74 Å². The fraction of sp³-hybridized carbons (Fsp3) is 0.714. The van der Waals surface area contributed by atoms with Gasteiger partial charge in [-0.3, -0.25) is 9.36 Å². The molecule has 154 valence electrons. The van der Waals surface area contributed by atoms with Gasteiger partial charge in [0.2, 0.25) is 0 Å². The van der Waals surface area contributed by atoms with Crippen molar-refractivity contribution in [1.29, 1.82) is 0 Å². The van der Waals surface area contributed by atoms with Crippen LogP contribution in [0.3, 0.4) is 0 Å². The first kappa shape index (κ1) is 20.4. The molecule has 0 spiro atoms. The fourth-order valence-corrected chi connectivity index (χ4v) is 6.57. The summed E-state index contributed by atoms with van der Waals surface area (Å²) in [7, 11) is 4.16. The van der Waals surface area contributed by atoms with Crippen molar-refractivity contribution in [1.82, 2.24) is 14.5 Å². The highest BCUT2D eigenvalue weighted by Gasteiger charge is 2.23. The lowest BCUT2D eigenvalue weighted by Crippen LogP contribution is -2.27. The Labute approximate surface area is 175 Å². The summed E-state index contributed by atoms with van der Waals surface area (Å²) in [6.45, 7) is 2.57. The van der Waals surface area contributed by atoms with Crippen LogP contribution in [0, 0.1) is 0 Å². The van der Waals surface area contributed by atoms with E-state index in [2.05, 4.69) is 19.0 Å². The minimum Gasteiger partial charge on any atom is -0.377 e. The van der Waals surface area contributed by atoms with Crippen LogP contribution in [-0.4, -0.2) is 53.6 Å². The molecule has 7 heteroatoms.